The first-order valence-electron chi connectivity index (χ1n) is 9.29. The third-order valence-electron chi connectivity index (χ3n) is 5.52. The summed E-state index contributed by atoms with van der Waals surface area (Å²) >= 11 is 0. The van der Waals surface area contributed by atoms with Crippen molar-refractivity contribution < 1.29 is 21.6 Å². The summed E-state index contributed by atoms with van der Waals surface area (Å²) in [6.45, 7) is 8.03. The molecule has 2 aliphatic rings. The minimum atomic E-state index is -4.56. The van der Waals surface area contributed by atoms with E-state index in [1.807, 2.05) is 0 Å². The first kappa shape index (κ1) is 20.6. The second-order valence-corrected chi connectivity index (χ2v) is 10.8. The molecule has 1 aliphatic carbocycles. The Hall–Kier alpha value is -1.12. The van der Waals surface area contributed by atoms with E-state index in [2.05, 4.69) is 26.1 Å². The molecular weight excluding hydrogens is 377 g/mol. The van der Waals surface area contributed by atoms with Gasteiger partial charge in [-0.05, 0) is 48.3 Å². The zero-order valence-corrected chi connectivity index (χ0v) is 16.7. The van der Waals surface area contributed by atoms with Crippen molar-refractivity contribution in [2.24, 2.45) is 17.3 Å². The number of benzene rings is 1. The first-order chi connectivity index (χ1) is 12.4. The predicted molar refractivity (Wildman–Crippen MR) is 97.7 cm³/mol. The molecule has 0 bridgehead atoms. The van der Waals surface area contributed by atoms with Crippen LogP contribution >= 0.6 is 0 Å². The molecule has 3 rings (SSSR count). The summed E-state index contributed by atoms with van der Waals surface area (Å²) in [6.07, 6.45) is -2.60. The van der Waals surface area contributed by atoms with Gasteiger partial charge < -0.3 is 5.32 Å². The summed E-state index contributed by atoms with van der Waals surface area (Å²) in [7, 11) is -3.92. The highest BCUT2D eigenvalue weighted by molar-refractivity contribution is 7.89. The van der Waals surface area contributed by atoms with E-state index in [0.29, 0.717) is 13.1 Å². The van der Waals surface area contributed by atoms with Gasteiger partial charge in [0, 0.05) is 25.7 Å². The van der Waals surface area contributed by atoms with Gasteiger partial charge in [0.05, 0.1) is 10.5 Å². The van der Waals surface area contributed by atoms with Crippen molar-refractivity contribution in [2.75, 3.05) is 19.6 Å². The molecule has 3 atom stereocenters. The lowest BCUT2D eigenvalue weighted by Crippen LogP contribution is -2.40. The third-order valence-corrected chi connectivity index (χ3v) is 7.34. The molecule has 0 unspecified atom stereocenters. The average Bonchev–Trinajstić information content (AvgIpc) is 3.12. The third kappa shape index (κ3) is 4.49. The van der Waals surface area contributed by atoms with Crippen molar-refractivity contribution in [1.82, 2.24) is 9.62 Å². The van der Waals surface area contributed by atoms with Crippen molar-refractivity contribution in [3.05, 3.63) is 29.8 Å². The Morgan fingerprint density at radius 2 is 1.85 bits per heavy atom. The fourth-order valence-electron chi connectivity index (χ4n) is 4.09. The molecule has 0 spiro atoms. The van der Waals surface area contributed by atoms with Gasteiger partial charge in [-0.1, -0.05) is 26.8 Å². The van der Waals surface area contributed by atoms with Crippen LogP contribution in [0.1, 0.15) is 39.2 Å². The summed E-state index contributed by atoms with van der Waals surface area (Å²) in [5, 5.41) is 3.56. The molecule has 1 aliphatic heterocycles. The molecule has 27 heavy (non-hydrogen) atoms. The van der Waals surface area contributed by atoms with Gasteiger partial charge in [0.1, 0.15) is 0 Å². The number of rotatable bonds is 4. The molecule has 1 saturated heterocycles. The lowest BCUT2D eigenvalue weighted by atomic mass is 9.94. The monoisotopic (exact) mass is 404 g/mol. The number of nitrogens with zero attached hydrogens (tertiary/aromatic N) is 1. The summed E-state index contributed by atoms with van der Waals surface area (Å²) < 4.78 is 66.0. The van der Waals surface area contributed by atoms with E-state index in [4.69, 9.17) is 0 Å². The number of hydrogen-bond acceptors (Lipinski definition) is 3. The van der Waals surface area contributed by atoms with Gasteiger partial charge in [-0.2, -0.15) is 17.5 Å². The van der Waals surface area contributed by atoms with E-state index < -0.39 is 21.8 Å². The highest BCUT2D eigenvalue weighted by atomic mass is 32.2. The van der Waals surface area contributed by atoms with Crippen molar-refractivity contribution in [3.63, 3.8) is 0 Å². The molecule has 1 aromatic carbocycles. The Balaban J connectivity index is 1.75. The number of sulfonamides is 1. The first-order valence-corrected chi connectivity index (χ1v) is 10.7. The van der Waals surface area contributed by atoms with E-state index in [1.54, 1.807) is 0 Å². The van der Waals surface area contributed by atoms with Crippen LogP contribution in [0.25, 0.3) is 0 Å². The topological polar surface area (TPSA) is 49.4 Å². The van der Waals surface area contributed by atoms with Crippen LogP contribution in [0.2, 0.25) is 0 Å². The Bertz CT molecular complexity index is 787. The smallest absolute Gasteiger partial charge is 0.313 e. The average molecular weight is 404 g/mol. The normalized spacial score (nSPS) is 27.1. The lowest BCUT2D eigenvalue weighted by Gasteiger charge is -2.26. The van der Waals surface area contributed by atoms with Crippen LogP contribution in [0, 0.1) is 17.3 Å². The van der Waals surface area contributed by atoms with Crippen molar-refractivity contribution >= 4 is 10.0 Å². The van der Waals surface area contributed by atoms with Gasteiger partial charge in [0.2, 0.25) is 10.0 Å². The Labute approximate surface area is 159 Å². The number of alkyl halides is 3. The summed E-state index contributed by atoms with van der Waals surface area (Å²) in [5.41, 5.74) is -0.798. The van der Waals surface area contributed by atoms with E-state index in [1.165, 1.54) is 10.4 Å². The minimum absolute atomic E-state index is 0.139. The Morgan fingerprint density at radius 3 is 2.48 bits per heavy atom. The standard InChI is InChI=1S/C19H27F3N2O2S/c1-18(2,3)12-23-17-8-7-13-10-24(11-16(13)17)27(25,26)15-6-4-5-14(9-15)19(20,21)22/h4-6,9,13,16-17,23H,7-8,10-12H2,1-3H3/t13-,16+,17+/m1/s1. The maximum Gasteiger partial charge on any atom is 0.416 e. The van der Waals surface area contributed by atoms with E-state index in [9.17, 15) is 21.6 Å². The van der Waals surface area contributed by atoms with Crippen molar-refractivity contribution in [3.8, 4) is 0 Å². The maximum atomic E-state index is 12.9. The van der Waals surface area contributed by atoms with Crippen LogP contribution in [-0.2, 0) is 16.2 Å². The van der Waals surface area contributed by atoms with E-state index >= 15 is 0 Å². The molecule has 1 saturated carbocycles. The van der Waals surface area contributed by atoms with Crippen LogP contribution in [-0.4, -0.2) is 38.4 Å². The zero-order valence-electron chi connectivity index (χ0n) is 15.9. The largest absolute Gasteiger partial charge is 0.416 e. The van der Waals surface area contributed by atoms with Gasteiger partial charge in [0.15, 0.2) is 0 Å². The number of nitrogens with one attached hydrogen (secondary N) is 1. The molecule has 1 aromatic rings. The quantitative estimate of drug-likeness (QED) is 0.832. The van der Waals surface area contributed by atoms with Crippen LogP contribution in [0.5, 0.6) is 0 Å². The second kappa shape index (κ2) is 7.04. The van der Waals surface area contributed by atoms with Crippen LogP contribution in [0.4, 0.5) is 13.2 Å². The van der Waals surface area contributed by atoms with Gasteiger partial charge in [-0.25, -0.2) is 8.42 Å². The van der Waals surface area contributed by atoms with Crippen molar-refractivity contribution in [2.45, 2.75) is 50.7 Å². The van der Waals surface area contributed by atoms with Gasteiger partial charge in [-0.3, -0.25) is 0 Å². The number of halogens is 3. The van der Waals surface area contributed by atoms with Crippen LogP contribution in [0.3, 0.4) is 0 Å². The molecule has 0 radical (unpaired) electrons. The fourth-order valence-corrected chi connectivity index (χ4v) is 5.67. The van der Waals surface area contributed by atoms with E-state index in [-0.39, 0.29) is 28.2 Å². The number of hydrogen-bond donors (Lipinski definition) is 1. The molecule has 152 valence electrons. The van der Waals surface area contributed by atoms with Gasteiger partial charge in [0.25, 0.3) is 0 Å². The lowest BCUT2D eigenvalue weighted by molar-refractivity contribution is -0.137. The van der Waals surface area contributed by atoms with Crippen molar-refractivity contribution in [1.29, 1.82) is 0 Å². The summed E-state index contributed by atoms with van der Waals surface area (Å²) in [5.74, 6) is 0.482. The Kier molecular flexibility index (Phi) is 5.38. The molecular formula is C19H27F3N2O2S. The second-order valence-electron chi connectivity index (χ2n) is 8.90. The fraction of sp³-hybridized carbons (Fsp3) is 0.684. The molecule has 0 amide bonds. The predicted octanol–water partition coefficient (Wildman–Crippen LogP) is 3.74. The van der Waals surface area contributed by atoms with Gasteiger partial charge in [-0.15, -0.1) is 0 Å². The zero-order chi connectivity index (χ0) is 20.0. The van der Waals surface area contributed by atoms with Gasteiger partial charge >= 0.3 is 6.18 Å². The molecule has 8 heteroatoms. The van der Waals surface area contributed by atoms with Crippen LogP contribution < -0.4 is 5.32 Å². The van der Waals surface area contributed by atoms with Crippen LogP contribution in [0.15, 0.2) is 29.2 Å². The summed E-state index contributed by atoms with van der Waals surface area (Å²) in [6, 6.07) is 4.29. The highest BCUT2D eigenvalue weighted by Crippen LogP contribution is 2.41. The highest BCUT2D eigenvalue weighted by Gasteiger charge is 2.46. The minimum Gasteiger partial charge on any atom is -0.313 e. The molecule has 1 heterocycles. The number of fused-ring (bicyclic) bond motifs is 1. The molecule has 1 N–H and O–H groups in total. The van der Waals surface area contributed by atoms with E-state index in [0.717, 1.165) is 37.6 Å². The molecule has 4 nitrogen and oxygen atoms in total. The SMILES string of the molecule is CC(C)(C)CN[C@H]1CC[C@@H]2CN(S(=O)(=O)c3cccc(C(F)(F)F)c3)C[C@@H]21. The Morgan fingerprint density at radius 1 is 1.15 bits per heavy atom. The molecule has 2 fully saturated rings. The summed E-state index contributed by atoms with van der Waals surface area (Å²) in [4.78, 5) is -0.281. The molecule has 0 aromatic heterocycles. The maximum absolute atomic E-state index is 12.9.